The Balaban J connectivity index is 2.05. The number of carbonyl (C=O) groups is 1. The van der Waals surface area contributed by atoms with Crippen LogP contribution in [0, 0.1) is 6.92 Å². The largest absolute Gasteiger partial charge is 0.454 e. The van der Waals surface area contributed by atoms with Crippen molar-refractivity contribution < 1.29 is 9.53 Å². The summed E-state index contributed by atoms with van der Waals surface area (Å²) in [6.45, 7) is 1.90. The van der Waals surface area contributed by atoms with Crippen LogP contribution >= 0.6 is 15.9 Å². The molecule has 0 aliphatic carbocycles. The van der Waals surface area contributed by atoms with Gasteiger partial charge in [-0.15, -0.1) is 10.2 Å². The minimum absolute atomic E-state index is 0.0755. The van der Waals surface area contributed by atoms with Gasteiger partial charge in [0.1, 0.15) is 5.82 Å². The molecule has 0 amide bonds. The average Bonchev–Trinajstić information content (AvgIpc) is 2.70. The first-order valence-corrected chi connectivity index (χ1v) is 6.35. The maximum Gasteiger partial charge on any atom is 0.338 e. The summed E-state index contributed by atoms with van der Waals surface area (Å²) >= 11 is 3.27. The topological polar surface area (TPSA) is 83.0 Å². The van der Waals surface area contributed by atoms with Crippen LogP contribution in [0.15, 0.2) is 22.7 Å². The minimum atomic E-state index is -0.445. The summed E-state index contributed by atoms with van der Waals surface area (Å²) in [6, 6.07) is 4.91. The first-order valence-electron chi connectivity index (χ1n) is 5.56. The van der Waals surface area contributed by atoms with Gasteiger partial charge in [-0.2, -0.15) is 0 Å². The molecule has 0 aliphatic heterocycles. The normalized spacial score (nSPS) is 10.5. The smallest absolute Gasteiger partial charge is 0.338 e. The molecule has 0 atom stereocenters. The van der Waals surface area contributed by atoms with E-state index in [2.05, 4.69) is 26.1 Å². The number of aryl methyl sites for hydroxylation is 1. The van der Waals surface area contributed by atoms with Crippen molar-refractivity contribution in [3.05, 3.63) is 39.9 Å². The van der Waals surface area contributed by atoms with Crippen LogP contribution in [0.4, 0.5) is 5.69 Å². The van der Waals surface area contributed by atoms with Gasteiger partial charge in [0.25, 0.3) is 0 Å². The lowest BCUT2D eigenvalue weighted by atomic mass is 10.2. The third kappa shape index (κ3) is 2.93. The quantitative estimate of drug-likeness (QED) is 0.687. The van der Waals surface area contributed by atoms with E-state index in [9.17, 15) is 4.79 Å². The third-order valence-electron chi connectivity index (χ3n) is 2.75. The molecule has 6 nitrogen and oxygen atoms in total. The number of esters is 1. The van der Waals surface area contributed by atoms with Crippen LogP contribution in [0.2, 0.25) is 0 Å². The molecule has 0 radical (unpaired) electrons. The Morgan fingerprint density at radius 1 is 1.47 bits per heavy atom. The van der Waals surface area contributed by atoms with Gasteiger partial charge in [0.2, 0.25) is 0 Å². The molecular formula is C12H13BrN4O2. The summed E-state index contributed by atoms with van der Waals surface area (Å²) in [5.41, 5.74) is 6.60. The van der Waals surface area contributed by atoms with E-state index in [0.717, 1.165) is 10.3 Å². The Morgan fingerprint density at radius 3 is 2.79 bits per heavy atom. The Morgan fingerprint density at radius 2 is 2.21 bits per heavy atom. The van der Waals surface area contributed by atoms with E-state index < -0.39 is 5.97 Å². The van der Waals surface area contributed by atoms with Crippen LogP contribution in [-0.2, 0) is 18.4 Å². The number of nitrogen functional groups attached to an aromatic ring is 1. The number of hydrogen-bond donors (Lipinski definition) is 1. The van der Waals surface area contributed by atoms with Gasteiger partial charge < -0.3 is 15.0 Å². The van der Waals surface area contributed by atoms with E-state index in [4.69, 9.17) is 10.5 Å². The van der Waals surface area contributed by atoms with E-state index >= 15 is 0 Å². The van der Waals surface area contributed by atoms with Gasteiger partial charge in [0, 0.05) is 17.2 Å². The molecule has 0 unspecified atom stereocenters. The van der Waals surface area contributed by atoms with E-state index in [-0.39, 0.29) is 6.61 Å². The summed E-state index contributed by atoms with van der Waals surface area (Å²) in [5, 5.41) is 7.80. The van der Waals surface area contributed by atoms with Gasteiger partial charge in [0.15, 0.2) is 12.4 Å². The molecule has 2 aromatic rings. The molecule has 0 spiro atoms. The number of aromatic nitrogens is 3. The van der Waals surface area contributed by atoms with Gasteiger partial charge in [-0.25, -0.2) is 4.79 Å². The van der Waals surface area contributed by atoms with Crippen LogP contribution in [-0.4, -0.2) is 20.7 Å². The first kappa shape index (κ1) is 13.5. The summed E-state index contributed by atoms with van der Waals surface area (Å²) in [6.07, 6.45) is 0. The highest BCUT2D eigenvalue weighted by atomic mass is 79.9. The molecule has 0 fully saturated rings. The van der Waals surface area contributed by atoms with Crippen molar-refractivity contribution in [2.75, 3.05) is 5.73 Å². The molecule has 2 N–H and O–H groups in total. The molecule has 0 bridgehead atoms. The number of benzene rings is 1. The maximum absolute atomic E-state index is 11.8. The lowest BCUT2D eigenvalue weighted by Crippen LogP contribution is -2.09. The zero-order valence-corrected chi connectivity index (χ0v) is 12.1. The van der Waals surface area contributed by atoms with Gasteiger partial charge in [-0.3, -0.25) is 0 Å². The Bertz CT molecular complexity index is 624. The van der Waals surface area contributed by atoms with Gasteiger partial charge in [-0.1, -0.05) is 0 Å². The molecule has 19 heavy (non-hydrogen) atoms. The highest BCUT2D eigenvalue weighted by Gasteiger charge is 2.11. The second-order valence-electron chi connectivity index (χ2n) is 4.03. The second-order valence-corrected chi connectivity index (χ2v) is 4.89. The van der Waals surface area contributed by atoms with Crippen molar-refractivity contribution in [2.24, 2.45) is 7.05 Å². The predicted molar refractivity (Wildman–Crippen MR) is 73.4 cm³/mol. The van der Waals surface area contributed by atoms with Crippen molar-refractivity contribution in [1.29, 1.82) is 0 Å². The molecule has 0 aliphatic rings. The number of carbonyl (C=O) groups excluding carboxylic acids is 1. The van der Waals surface area contributed by atoms with Crippen LogP contribution in [0.25, 0.3) is 0 Å². The molecule has 1 aromatic carbocycles. The van der Waals surface area contributed by atoms with Crippen LogP contribution in [0.5, 0.6) is 0 Å². The van der Waals surface area contributed by atoms with Crippen molar-refractivity contribution in [3.8, 4) is 0 Å². The number of nitrogens with two attached hydrogens (primary N) is 1. The molecule has 7 heteroatoms. The first-order chi connectivity index (χ1) is 8.99. The maximum atomic E-state index is 11.8. The number of anilines is 1. The number of nitrogens with zero attached hydrogens (tertiary/aromatic N) is 3. The van der Waals surface area contributed by atoms with Crippen molar-refractivity contribution in [1.82, 2.24) is 14.8 Å². The highest BCUT2D eigenvalue weighted by molar-refractivity contribution is 9.10. The van der Waals surface area contributed by atoms with Crippen LogP contribution in [0.1, 0.15) is 22.0 Å². The zero-order valence-electron chi connectivity index (χ0n) is 10.6. The van der Waals surface area contributed by atoms with E-state index in [1.54, 1.807) is 22.8 Å². The molecular weight excluding hydrogens is 312 g/mol. The van der Waals surface area contributed by atoms with E-state index in [1.807, 2.05) is 14.0 Å². The van der Waals surface area contributed by atoms with Crippen molar-refractivity contribution >= 4 is 27.6 Å². The Hall–Kier alpha value is -1.89. The fourth-order valence-corrected chi connectivity index (χ4v) is 1.71. The Kier molecular flexibility index (Phi) is 3.84. The Labute approximate surface area is 118 Å². The van der Waals surface area contributed by atoms with Crippen molar-refractivity contribution in [3.63, 3.8) is 0 Å². The standard InChI is InChI=1S/C12H13BrN4O2/c1-7-15-16-11(17(7)2)6-19-12(18)8-3-4-9(13)10(14)5-8/h3-5H,6,14H2,1-2H3. The molecule has 100 valence electrons. The lowest BCUT2D eigenvalue weighted by molar-refractivity contribution is 0.0458. The molecule has 1 aromatic heterocycles. The van der Waals surface area contributed by atoms with Crippen LogP contribution < -0.4 is 5.73 Å². The number of halogens is 1. The fourth-order valence-electron chi connectivity index (χ4n) is 1.46. The average molecular weight is 325 g/mol. The third-order valence-corrected chi connectivity index (χ3v) is 3.47. The fraction of sp³-hybridized carbons (Fsp3) is 0.250. The molecule has 0 saturated carbocycles. The molecule has 0 saturated heterocycles. The number of rotatable bonds is 3. The second kappa shape index (κ2) is 5.40. The predicted octanol–water partition coefficient (Wildman–Crippen LogP) is 1.83. The van der Waals surface area contributed by atoms with Gasteiger partial charge >= 0.3 is 5.97 Å². The monoisotopic (exact) mass is 324 g/mol. The SMILES string of the molecule is Cc1nnc(COC(=O)c2ccc(Br)c(N)c2)n1C. The molecule has 2 rings (SSSR count). The summed E-state index contributed by atoms with van der Waals surface area (Å²) in [5.74, 6) is 0.912. The lowest BCUT2D eigenvalue weighted by Gasteiger charge is -2.06. The van der Waals surface area contributed by atoms with Gasteiger partial charge in [-0.05, 0) is 41.1 Å². The molecule has 1 heterocycles. The van der Waals surface area contributed by atoms with E-state index in [0.29, 0.717) is 17.1 Å². The summed E-state index contributed by atoms with van der Waals surface area (Å²) in [4.78, 5) is 11.8. The van der Waals surface area contributed by atoms with E-state index in [1.165, 1.54) is 0 Å². The number of ether oxygens (including phenoxy) is 1. The minimum Gasteiger partial charge on any atom is -0.454 e. The number of hydrogen-bond acceptors (Lipinski definition) is 5. The zero-order chi connectivity index (χ0) is 14.0. The van der Waals surface area contributed by atoms with Crippen molar-refractivity contribution in [2.45, 2.75) is 13.5 Å². The summed E-state index contributed by atoms with van der Waals surface area (Å²) < 4.78 is 7.68. The highest BCUT2D eigenvalue weighted by Crippen LogP contribution is 2.20. The summed E-state index contributed by atoms with van der Waals surface area (Å²) in [7, 11) is 1.82. The van der Waals surface area contributed by atoms with Gasteiger partial charge in [0.05, 0.1) is 5.56 Å². The van der Waals surface area contributed by atoms with Crippen LogP contribution in [0.3, 0.4) is 0 Å².